The number of furan rings is 1. The Morgan fingerprint density at radius 2 is 2.06 bits per heavy atom. The molecule has 0 spiro atoms. The van der Waals surface area contributed by atoms with E-state index in [2.05, 4.69) is 26.1 Å². The predicted molar refractivity (Wildman–Crippen MR) is 63.3 cm³/mol. The summed E-state index contributed by atoms with van der Waals surface area (Å²) < 4.78 is 11.1. The highest BCUT2D eigenvalue weighted by Crippen LogP contribution is 2.28. The Morgan fingerprint density at radius 3 is 2.69 bits per heavy atom. The van der Waals surface area contributed by atoms with Gasteiger partial charge < -0.3 is 8.83 Å². The van der Waals surface area contributed by atoms with Crippen LogP contribution in [0.15, 0.2) is 21.0 Å². The topological polar surface area (TPSA) is 52.1 Å². The molecule has 2 heterocycles. The lowest BCUT2D eigenvalue weighted by Gasteiger charge is -1.97. The third-order valence-electron chi connectivity index (χ3n) is 2.29. The van der Waals surface area contributed by atoms with Crippen LogP contribution in [-0.2, 0) is 6.42 Å². The van der Waals surface area contributed by atoms with Crippen molar-refractivity contribution in [2.45, 2.75) is 31.5 Å². The van der Waals surface area contributed by atoms with E-state index in [1.807, 2.05) is 26.0 Å². The van der Waals surface area contributed by atoms with Gasteiger partial charge in [-0.05, 0) is 18.6 Å². The molecule has 0 saturated carbocycles. The van der Waals surface area contributed by atoms with Crippen LogP contribution < -0.4 is 0 Å². The van der Waals surface area contributed by atoms with Gasteiger partial charge in [-0.3, -0.25) is 0 Å². The van der Waals surface area contributed by atoms with Crippen molar-refractivity contribution in [2.75, 3.05) is 0 Å². The summed E-state index contributed by atoms with van der Waals surface area (Å²) in [6, 6.07) is 3.77. The van der Waals surface area contributed by atoms with Crippen LogP contribution in [0, 0.1) is 0 Å². The van der Waals surface area contributed by atoms with Crippen molar-refractivity contribution in [3.8, 4) is 11.7 Å². The standard InChI is InChI=1S/C11H13BrN2O2/c1-3-7-5-6-9(15-7)11-14-13-10(16-11)8(12)4-2/h5-6,8H,3-4H2,1-2H3. The highest BCUT2D eigenvalue weighted by atomic mass is 79.9. The lowest BCUT2D eigenvalue weighted by molar-refractivity contribution is 0.465. The maximum Gasteiger partial charge on any atom is 0.283 e. The largest absolute Gasteiger partial charge is 0.456 e. The minimum absolute atomic E-state index is 0.106. The number of alkyl halides is 1. The molecule has 0 aromatic carbocycles. The van der Waals surface area contributed by atoms with Crippen LogP contribution >= 0.6 is 15.9 Å². The fourth-order valence-corrected chi connectivity index (χ4v) is 1.50. The molecule has 2 aromatic heterocycles. The molecule has 2 aromatic rings. The summed E-state index contributed by atoms with van der Waals surface area (Å²) in [7, 11) is 0. The van der Waals surface area contributed by atoms with Gasteiger partial charge >= 0.3 is 0 Å². The fourth-order valence-electron chi connectivity index (χ4n) is 1.32. The second kappa shape index (κ2) is 4.82. The van der Waals surface area contributed by atoms with E-state index in [9.17, 15) is 0 Å². The van der Waals surface area contributed by atoms with Gasteiger partial charge in [-0.2, -0.15) is 0 Å². The first-order chi connectivity index (χ1) is 7.74. The van der Waals surface area contributed by atoms with E-state index in [1.54, 1.807) is 0 Å². The van der Waals surface area contributed by atoms with E-state index in [1.165, 1.54) is 0 Å². The second-order valence-electron chi connectivity index (χ2n) is 3.44. The van der Waals surface area contributed by atoms with Gasteiger partial charge in [0.15, 0.2) is 5.76 Å². The van der Waals surface area contributed by atoms with Crippen LogP contribution in [0.3, 0.4) is 0 Å². The highest BCUT2D eigenvalue weighted by Gasteiger charge is 2.16. The molecule has 5 heteroatoms. The van der Waals surface area contributed by atoms with Crippen molar-refractivity contribution >= 4 is 15.9 Å². The number of nitrogens with zero attached hydrogens (tertiary/aromatic N) is 2. The molecule has 0 aliphatic rings. The average molecular weight is 285 g/mol. The second-order valence-corrected chi connectivity index (χ2v) is 4.55. The van der Waals surface area contributed by atoms with Gasteiger partial charge in [0, 0.05) is 6.42 Å². The molecule has 0 radical (unpaired) electrons. The minimum atomic E-state index is 0.106. The van der Waals surface area contributed by atoms with E-state index < -0.39 is 0 Å². The zero-order valence-electron chi connectivity index (χ0n) is 9.24. The molecule has 0 N–H and O–H groups in total. The van der Waals surface area contributed by atoms with Gasteiger partial charge in [0.2, 0.25) is 5.89 Å². The highest BCUT2D eigenvalue weighted by molar-refractivity contribution is 9.09. The Labute approximate surface area is 102 Å². The summed E-state index contributed by atoms with van der Waals surface area (Å²) in [6.07, 6.45) is 1.76. The molecule has 4 nitrogen and oxygen atoms in total. The Hall–Kier alpha value is -1.10. The summed E-state index contributed by atoms with van der Waals surface area (Å²) in [6.45, 7) is 4.08. The maximum atomic E-state index is 5.53. The molecule has 86 valence electrons. The number of aromatic nitrogens is 2. The van der Waals surface area contributed by atoms with Crippen molar-refractivity contribution < 1.29 is 8.83 Å². The predicted octanol–water partition coefficient (Wildman–Crippen LogP) is 3.74. The van der Waals surface area contributed by atoms with Crippen molar-refractivity contribution in [2.24, 2.45) is 0 Å². The van der Waals surface area contributed by atoms with Gasteiger partial charge in [0.25, 0.3) is 5.89 Å². The number of hydrogen-bond acceptors (Lipinski definition) is 4. The maximum absolute atomic E-state index is 5.53. The lowest BCUT2D eigenvalue weighted by Crippen LogP contribution is -1.86. The zero-order chi connectivity index (χ0) is 11.5. The molecule has 0 aliphatic carbocycles. The molecule has 2 rings (SSSR count). The van der Waals surface area contributed by atoms with Crippen molar-refractivity contribution in [1.29, 1.82) is 0 Å². The zero-order valence-corrected chi connectivity index (χ0v) is 10.8. The first-order valence-electron chi connectivity index (χ1n) is 5.31. The van der Waals surface area contributed by atoms with Gasteiger partial charge in [0.1, 0.15) is 5.76 Å². The van der Waals surface area contributed by atoms with Crippen LogP contribution in [-0.4, -0.2) is 10.2 Å². The van der Waals surface area contributed by atoms with Crippen LogP contribution in [0.25, 0.3) is 11.7 Å². The molecule has 0 aliphatic heterocycles. The van der Waals surface area contributed by atoms with E-state index in [0.29, 0.717) is 17.5 Å². The van der Waals surface area contributed by atoms with Gasteiger partial charge in [-0.25, -0.2) is 0 Å². The summed E-state index contributed by atoms with van der Waals surface area (Å²) in [5.41, 5.74) is 0. The fraction of sp³-hybridized carbons (Fsp3) is 0.455. The number of aryl methyl sites for hydroxylation is 1. The summed E-state index contributed by atoms with van der Waals surface area (Å²) in [4.78, 5) is 0.106. The smallest absolute Gasteiger partial charge is 0.283 e. The quantitative estimate of drug-likeness (QED) is 0.803. The molecule has 0 bridgehead atoms. The lowest BCUT2D eigenvalue weighted by atomic mass is 10.3. The van der Waals surface area contributed by atoms with Crippen LogP contribution in [0.2, 0.25) is 0 Å². The molecular weight excluding hydrogens is 272 g/mol. The third-order valence-corrected chi connectivity index (χ3v) is 3.33. The first-order valence-corrected chi connectivity index (χ1v) is 6.22. The molecule has 16 heavy (non-hydrogen) atoms. The molecular formula is C11H13BrN2O2. The summed E-state index contributed by atoms with van der Waals surface area (Å²) in [5, 5.41) is 7.94. The molecule has 0 fully saturated rings. The van der Waals surface area contributed by atoms with Gasteiger partial charge in [-0.15, -0.1) is 10.2 Å². The van der Waals surface area contributed by atoms with Crippen molar-refractivity contribution in [3.05, 3.63) is 23.8 Å². The van der Waals surface area contributed by atoms with Crippen molar-refractivity contribution in [3.63, 3.8) is 0 Å². The Morgan fingerprint density at radius 1 is 1.25 bits per heavy atom. The molecule has 0 amide bonds. The molecule has 1 unspecified atom stereocenters. The Kier molecular flexibility index (Phi) is 3.43. The Bertz CT molecular complexity index is 464. The van der Waals surface area contributed by atoms with E-state index in [4.69, 9.17) is 8.83 Å². The number of hydrogen-bond donors (Lipinski definition) is 0. The SMILES string of the molecule is CCc1ccc(-c2nnc(C(Br)CC)o2)o1. The Balaban J connectivity index is 2.24. The van der Waals surface area contributed by atoms with Gasteiger partial charge in [-0.1, -0.05) is 29.8 Å². The minimum Gasteiger partial charge on any atom is -0.456 e. The normalized spacial score (nSPS) is 12.9. The van der Waals surface area contributed by atoms with Crippen LogP contribution in [0.1, 0.15) is 36.7 Å². The van der Waals surface area contributed by atoms with E-state index in [0.717, 1.165) is 18.6 Å². The summed E-state index contributed by atoms with van der Waals surface area (Å²) >= 11 is 3.46. The molecule has 0 saturated heterocycles. The van der Waals surface area contributed by atoms with E-state index >= 15 is 0 Å². The average Bonchev–Trinajstić information content (AvgIpc) is 2.95. The first kappa shape index (κ1) is 11.4. The monoisotopic (exact) mass is 284 g/mol. The summed E-state index contributed by atoms with van der Waals surface area (Å²) in [5.74, 6) is 2.58. The van der Waals surface area contributed by atoms with Crippen LogP contribution in [0.4, 0.5) is 0 Å². The third kappa shape index (κ3) is 2.19. The number of halogens is 1. The van der Waals surface area contributed by atoms with Crippen LogP contribution in [0.5, 0.6) is 0 Å². The van der Waals surface area contributed by atoms with E-state index in [-0.39, 0.29) is 4.83 Å². The van der Waals surface area contributed by atoms with Gasteiger partial charge in [0.05, 0.1) is 4.83 Å². The molecule has 1 atom stereocenters. The van der Waals surface area contributed by atoms with Crippen molar-refractivity contribution in [1.82, 2.24) is 10.2 Å². The number of rotatable bonds is 4.